The van der Waals surface area contributed by atoms with Crippen LogP contribution < -0.4 is 5.73 Å². The van der Waals surface area contributed by atoms with E-state index in [1.54, 1.807) is 0 Å². The van der Waals surface area contributed by atoms with Crippen LogP contribution in [0.1, 0.15) is 24.5 Å². The van der Waals surface area contributed by atoms with Crippen LogP contribution in [0.4, 0.5) is 0 Å². The zero-order valence-corrected chi connectivity index (χ0v) is 8.82. The molecule has 0 unspecified atom stereocenters. The molecule has 1 aliphatic rings. The van der Waals surface area contributed by atoms with Crippen LogP contribution in [-0.4, -0.2) is 5.71 Å². The number of halogens is 1. The molecule has 1 aromatic carbocycles. The molecule has 1 aliphatic carbocycles. The molecule has 2 rings (SSSR count). The average Bonchev–Trinajstić information content (AvgIpc) is 2.41. The summed E-state index contributed by atoms with van der Waals surface area (Å²) in [7, 11) is 0. The fourth-order valence-corrected chi connectivity index (χ4v) is 1.76. The van der Waals surface area contributed by atoms with Gasteiger partial charge in [0.2, 0.25) is 0 Å². The Labute approximate surface area is 89.7 Å². The molecule has 0 fully saturated rings. The molecule has 0 saturated carbocycles. The van der Waals surface area contributed by atoms with Gasteiger partial charge >= 0.3 is 0 Å². The first kappa shape index (κ1) is 10.8. The van der Waals surface area contributed by atoms with Gasteiger partial charge in [-0.3, -0.25) is 5.41 Å². The maximum Gasteiger partial charge on any atom is 0.0671 e. The Morgan fingerprint density at radius 3 is 2.29 bits per heavy atom. The molecular formula is C11H13ClN2. The van der Waals surface area contributed by atoms with Gasteiger partial charge in [-0.1, -0.05) is 31.2 Å². The summed E-state index contributed by atoms with van der Waals surface area (Å²) in [5.41, 5.74) is 10.3. The second-order valence-corrected chi connectivity index (χ2v) is 3.17. The fraction of sp³-hybridized carbons (Fsp3) is 0.182. The van der Waals surface area contributed by atoms with Gasteiger partial charge in [-0.05, 0) is 6.42 Å². The number of nitrogens with one attached hydrogen (secondary N) is 1. The summed E-state index contributed by atoms with van der Waals surface area (Å²) in [6, 6.07) is 7.83. The van der Waals surface area contributed by atoms with E-state index in [2.05, 4.69) is 0 Å². The minimum absolute atomic E-state index is 0. The highest BCUT2D eigenvalue weighted by Gasteiger charge is 2.22. The van der Waals surface area contributed by atoms with Crippen LogP contribution in [-0.2, 0) is 0 Å². The third kappa shape index (κ3) is 1.32. The first-order valence-corrected chi connectivity index (χ1v) is 4.43. The smallest absolute Gasteiger partial charge is 0.0671 e. The number of nitrogens with two attached hydrogens (primary N) is 1. The van der Waals surface area contributed by atoms with E-state index in [1.807, 2.05) is 31.2 Å². The van der Waals surface area contributed by atoms with Crippen LogP contribution in [0, 0.1) is 5.41 Å². The van der Waals surface area contributed by atoms with E-state index in [0.29, 0.717) is 5.71 Å². The number of allylic oxidation sites excluding steroid dienone is 1. The van der Waals surface area contributed by atoms with E-state index in [4.69, 9.17) is 11.1 Å². The van der Waals surface area contributed by atoms with Crippen molar-refractivity contribution in [3.63, 3.8) is 0 Å². The summed E-state index contributed by atoms with van der Waals surface area (Å²) >= 11 is 0. The summed E-state index contributed by atoms with van der Waals surface area (Å²) in [5, 5.41) is 7.88. The van der Waals surface area contributed by atoms with Gasteiger partial charge < -0.3 is 5.73 Å². The SMILES string of the molecule is CCC1=C(N)c2ccccc2C1=N.Cl. The molecule has 0 aromatic heterocycles. The Kier molecular flexibility index (Phi) is 2.96. The minimum Gasteiger partial charge on any atom is -0.398 e. The van der Waals surface area contributed by atoms with Gasteiger partial charge in [0.15, 0.2) is 0 Å². The van der Waals surface area contributed by atoms with Crippen LogP contribution in [0.3, 0.4) is 0 Å². The molecular weight excluding hydrogens is 196 g/mol. The summed E-state index contributed by atoms with van der Waals surface area (Å²) in [4.78, 5) is 0. The molecule has 0 amide bonds. The van der Waals surface area contributed by atoms with Crippen molar-refractivity contribution >= 4 is 23.8 Å². The van der Waals surface area contributed by atoms with Crippen molar-refractivity contribution in [2.24, 2.45) is 5.73 Å². The zero-order valence-electron chi connectivity index (χ0n) is 8.00. The Bertz CT molecular complexity index is 408. The second-order valence-electron chi connectivity index (χ2n) is 3.17. The first-order valence-electron chi connectivity index (χ1n) is 4.43. The molecule has 74 valence electrons. The van der Waals surface area contributed by atoms with Crippen molar-refractivity contribution in [1.29, 1.82) is 5.41 Å². The molecule has 2 nitrogen and oxygen atoms in total. The molecule has 1 aromatic rings. The minimum atomic E-state index is 0. The standard InChI is InChI=1S/C11H12N2.ClH/c1-2-7-10(12)8-5-3-4-6-9(8)11(7)13;/h3-6,12H,2,13H2,1H3;1H. The molecule has 3 N–H and O–H groups in total. The van der Waals surface area contributed by atoms with Crippen molar-refractivity contribution < 1.29 is 0 Å². The fourth-order valence-electron chi connectivity index (χ4n) is 1.76. The van der Waals surface area contributed by atoms with E-state index in [9.17, 15) is 0 Å². The molecule has 0 bridgehead atoms. The molecule has 0 saturated heterocycles. The lowest BCUT2D eigenvalue weighted by molar-refractivity contribution is 1.17. The third-order valence-electron chi connectivity index (χ3n) is 2.47. The van der Waals surface area contributed by atoms with E-state index in [-0.39, 0.29) is 12.4 Å². The van der Waals surface area contributed by atoms with Gasteiger partial charge in [-0.2, -0.15) is 0 Å². The molecule has 0 heterocycles. The number of hydrogen-bond acceptors (Lipinski definition) is 2. The summed E-state index contributed by atoms with van der Waals surface area (Å²) in [6.07, 6.45) is 0.833. The highest BCUT2D eigenvalue weighted by Crippen LogP contribution is 2.30. The van der Waals surface area contributed by atoms with E-state index in [0.717, 1.165) is 28.8 Å². The van der Waals surface area contributed by atoms with Gasteiger partial charge in [0, 0.05) is 22.4 Å². The molecule has 14 heavy (non-hydrogen) atoms. The lowest BCUT2D eigenvalue weighted by Crippen LogP contribution is -1.98. The maximum absolute atomic E-state index is 7.88. The maximum atomic E-state index is 7.88. The van der Waals surface area contributed by atoms with Gasteiger partial charge in [0.05, 0.1) is 5.71 Å². The largest absolute Gasteiger partial charge is 0.398 e. The Morgan fingerprint density at radius 2 is 1.79 bits per heavy atom. The molecule has 0 atom stereocenters. The summed E-state index contributed by atoms with van der Waals surface area (Å²) < 4.78 is 0. The Morgan fingerprint density at radius 1 is 1.21 bits per heavy atom. The highest BCUT2D eigenvalue weighted by atomic mass is 35.5. The molecule has 0 aliphatic heterocycles. The molecule has 0 radical (unpaired) electrons. The van der Waals surface area contributed by atoms with Crippen molar-refractivity contribution in [2.45, 2.75) is 13.3 Å². The molecule has 3 heteroatoms. The van der Waals surface area contributed by atoms with Crippen molar-refractivity contribution in [2.75, 3.05) is 0 Å². The normalized spacial score (nSPS) is 13.9. The third-order valence-corrected chi connectivity index (χ3v) is 2.47. The number of fused-ring (bicyclic) bond motifs is 1. The van der Waals surface area contributed by atoms with Crippen molar-refractivity contribution in [3.8, 4) is 0 Å². The van der Waals surface area contributed by atoms with Crippen LogP contribution in [0.25, 0.3) is 5.70 Å². The van der Waals surface area contributed by atoms with Crippen molar-refractivity contribution in [3.05, 3.63) is 41.0 Å². The second kappa shape index (κ2) is 3.84. The first-order chi connectivity index (χ1) is 6.25. The predicted octanol–water partition coefficient (Wildman–Crippen LogP) is 2.57. The van der Waals surface area contributed by atoms with Crippen LogP contribution in [0.15, 0.2) is 29.8 Å². The average molecular weight is 209 g/mol. The van der Waals surface area contributed by atoms with Gasteiger partial charge in [-0.15, -0.1) is 12.4 Å². The van der Waals surface area contributed by atoms with Gasteiger partial charge in [0.1, 0.15) is 0 Å². The Hall–Kier alpha value is -1.28. The highest BCUT2D eigenvalue weighted by molar-refractivity contribution is 6.21. The topological polar surface area (TPSA) is 49.9 Å². The zero-order chi connectivity index (χ0) is 9.42. The quantitative estimate of drug-likeness (QED) is 0.732. The van der Waals surface area contributed by atoms with Crippen LogP contribution >= 0.6 is 12.4 Å². The van der Waals surface area contributed by atoms with E-state index < -0.39 is 0 Å². The van der Waals surface area contributed by atoms with Crippen LogP contribution in [0.2, 0.25) is 0 Å². The van der Waals surface area contributed by atoms with E-state index >= 15 is 0 Å². The summed E-state index contributed by atoms with van der Waals surface area (Å²) in [6.45, 7) is 2.03. The monoisotopic (exact) mass is 208 g/mol. The number of benzene rings is 1. The number of rotatable bonds is 1. The van der Waals surface area contributed by atoms with E-state index in [1.165, 1.54) is 0 Å². The lowest BCUT2D eigenvalue weighted by atomic mass is 10.1. The predicted molar refractivity (Wildman–Crippen MR) is 61.9 cm³/mol. The molecule has 0 spiro atoms. The van der Waals surface area contributed by atoms with Crippen LogP contribution in [0.5, 0.6) is 0 Å². The lowest BCUT2D eigenvalue weighted by Gasteiger charge is -1.98. The van der Waals surface area contributed by atoms with Gasteiger partial charge in [-0.25, -0.2) is 0 Å². The number of hydrogen-bond donors (Lipinski definition) is 2. The summed E-state index contributed by atoms with van der Waals surface area (Å²) in [5.74, 6) is 0. The van der Waals surface area contributed by atoms with Gasteiger partial charge in [0.25, 0.3) is 0 Å². The Balaban J connectivity index is 0.000000980. The van der Waals surface area contributed by atoms with Crippen molar-refractivity contribution in [1.82, 2.24) is 0 Å².